The second-order valence-electron chi connectivity index (χ2n) is 8.09. The molecule has 2 aliphatic rings. The number of rotatable bonds is 6. The van der Waals surface area contributed by atoms with E-state index in [4.69, 9.17) is 4.74 Å². The van der Waals surface area contributed by atoms with Gasteiger partial charge in [0.1, 0.15) is 6.61 Å². The SMILES string of the molecule is CC(CCC(C)(C)C1CCNC(=O)C1)C(C)C1COCC(=O)N1. The molecule has 0 radical (unpaired) electrons. The van der Waals surface area contributed by atoms with Crippen molar-refractivity contribution < 1.29 is 14.3 Å². The highest BCUT2D eigenvalue weighted by Gasteiger charge is 2.34. The van der Waals surface area contributed by atoms with Gasteiger partial charge in [-0.05, 0) is 42.4 Å². The van der Waals surface area contributed by atoms with Gasteiger partial charge >= 0.3 is 0 Å². The maximum Gasteiger partial charge on any atom is 0.246 e. The molecule has 2 N–H and O–H groups in total. The Hall–Kier alpha value is -1.10. The van der Waals surface area contributed by atoms with Crippen molar-refractivity contribution in [1.29, 1.82) is 0 Å². The molecule has 132 valence electrons. The average molecular weight is 324 g/mol. The molecule has 2 heterocycles. The Bertz CT molecular complexity index is 436. The summed E-state index contributed by atoms with van der Waals surface area (Å²) in [6.45, 7) is 10.7. The second kappa shape index (κ2) is 7.65. The smallest absolute Gasteiger partial charge is 0.246 e. The van der Waals surface area contributed by atoms with Crippen molar-refractivity contribution in [2.45, 2.75) is 59.4 Å². The first kappa shape index (κ1) is 18.2. The molecular weight excluding hydrogens is 292 g/mol. The number of hydrogen-bond acceptors (Lipinski definition) is 3. The third-order valence-electron chi connectivity index (χ3n) is 6.01. The number of carbonyl (C=O) groups is 2. The summed E-state index contributed by atoms with van der Waals surface area (Å²) in [5, 5.41) is 5.97. The van der Waals surface area contributed by atoms with Gasteiger partial charge in [0, 0.05) is 13.0 Å². The van der Waals surface area contributed by atoms with E-state index in [0.717, 1.165) is 25.8 Å². The molecule has 4 unspecified atom stereocenters. The van der Waals surface area contributed by atoms with E-state index in [1.807, 2.05) is 0 Å². The Kier molecular flexibility index (Phi) is 6.06. The normalized spacial score (nSPS) is 28.7. The zero-order valence-electron chi connectivity index (χ0n) is 15.0. The van der Waals surface area contributed by atoms with Crippen LogP contribution in [0.15, 0.2) is 0 Å². The minimum absolute atomic E-state index is 0.00570. The quantitative estimate of drug-likeness (QED) is 0.786. The molecule has 0 aromatic carbocycles. The fourth-order valence-corrected chi connectivity index (χ4v) is 3.77. The zero-order chi connectivity index (χ0) is 17.0. The number of ether oxygens (including phenoxy) is 1. The number of nitrogens with one attached hydrogen (secondary N) is 2. The zero-order valence-corrected chi connectivity index (χ0v) is 15.0. The van der Waals surface area contributed by atoms with Crippen LogP contribution in [0.4, 0.5) is 0 Å². The first-order chi connectivity index (χ1) is 10.8. The summed E-state index contributed by atoms with van der Waals surface area (Å²) in [6.07, 6.45) is 3.95. The third kappa shape index (κ3) is 4.93. The first-order valence-corrected chi connectivity index (χ1v) is 8.93. The second-order valence-corrected chi connectivity index (χ2v) is 8.09. The topological polar surface area (TPSA) is 67.4 Å². The van der Waals surface area contributed by atoms with Gasteiger partial charge in [-0.2, -0.15) is 0 Å². The molecule has 0 aromatic heterocycles. The lowest BCUT2D eigenvalue weighted by molar-refractivity contribution is -0.132. The van der Waals surface area contributed by atoms with Crippen LogP contribution in [0.2, 0.25) is 0 Å². The molecular formula is C18H32N2O3. The summed E-state index contributed by atoms with van der Waals surface area (Å²) >= 11 is 0. The molecule has 0 bridgehead atoms. The van der Waals surface area contributed by atoms with E-state index in [9.17, 15) is 9.59 Å². The highest BCUT2D eigenvalue weighted by atomic mass is 16.5. The molecule has 0 spiro atoms. The Morgan fingerprint density at radius 1 is 1.26 bits per heavy atom. The maximum atomic E-state index is 11.6. The van der Waals surface area contributed by atoms with Gasteiger partial charge in [-0.1, -0.05) is 27.7 Å². The van der Waals surface area contributed by atoms with Crippen LogP contribution < -0.4 is 10.6 Å². The molecule has 2 saturated heterocycles. The third-order valence-corrected chi connectivity index (χ3v) is 6.01. The van der Waals surface area contributed by atoms with E-state index >= 15 is 0 Å². The molecule has 5 heteroatoms. The van der Waals surface area contributed by atoms with Crippen molar-refractivity contribution in [1.82, 2.24) is 10.6 Å². The summed E-state index contributed by atoms with van der Waals surface area (Å²) in [4.78, 5) is 23.1. The number of piperidine rings is 1. The standard InChI is InChI=1S/C18H32N2O3/c1-12(13(2)15-10-23-11-17(22)20-15)5-7-18(3,4)14-6-8-19-16(21)9-14/h12-15H,5-11H2,1-4H3,(H,19,21)(H,20,22). The Balaban J connectivity index is 1.83. The number of amides is 2. The summed E-state index contributed by atoms with van der Waals surface area (Å²) in [6, 6.07) is 0.120. The first-order valence-electron chi connectivity index (χ1n) is 8.93. The van der Waals surface area contributed by atoms with Crippen LogP contribution in [-0.4, -0.2) is 37.6 Å². The van der Waals surface area contributed by atoms with Gasteiger partial charge in [-0.3, -0.25) is 9.59 Å². The summed E-state index contributed by atoms with van der Waals surface area (Å²) in [5.74, 6) is 1.56. The van der Waals surface area contributed by atoms with E-state index in [2.05, 4.69) is 38.3 Å². The van der Waals surface area contributed by atoms with Crippen molar-refractivity contribution in [3.05, 3.63) is 0 Å². The Morgan fingerprint density at radius 2 is 2.00 bits per heavy atom. The van der Waals surface area contributed by atoms with Gasteiger partial charge in [0.2, 0.25) is 11.8 Å². The van der Waals surface area contributed by atoms with Crippen molar-refractivity contribution in [2.24, 2.45) is 23.2 Å². The predicted molar refractivity (Wildman–Crippen MR) is 89.8 cm³/mol. The molecule has 23 heavy (non-hydrogen) atoms. The van der Waals surface area contributed by atoms with Gasteiger partial charge in [0.25, 0.3) is 0 Å². The molecule has 4 atom stereocenters. The molecule has 0 saturated carbocycles. The highest BCUT2D eigenvalue weighted by Crippen LogP contribution is 2.39. The van der Waals surface area contributed by atoms with E-state index in [-0.39, 0.29) is 29.9 Å². The molecule has 0 aromatic rings. The number of hydrogen-bond donors (Lipinski definition) is 2. The maximum absolute atomic E-state index is 11.6. The van der Waals surface area contributed by atoms with Crippen LogP contribution in [0.1, 0.15) is 53.4 Å². The molecule has 0 aliphatic carbocycles. The fraction of sp³-hybridized carbons (Fsp3) is 0.889. The van der Waals surface area contributed by atoms with Gasteiger partial charge in [0.05, 0.1) is 12.6 Å². The summed E-state index contributed by atoms with van der Waals surface area (Å²) < 4.78 is 5.36. The van der Waals surface area contributed by atoms with Gasteiger partial charge in [-0.25, -0.2) is 0 Å². The van der Waals surface area contributed by atoms with Crippen LogP contribution in [0.3, 0.4) is 0 Å². The predicted octanol–water partition coefficient (Wildman–Crippen LogP) is 2.11. The van der Waals surface area contributed by atoms with Gasteiger partial charge in [0.15, 0.2) is 0 Å². The Labute approximate surface area is 139 Å². The minimum atomic E-state index is -0.00570. The highest BCUT2D eigenvalue weighted by molar-refractivity contribution is 5.78. The fourth-order valence-electron chi connectivity index (χ4n) is 3.77. The van der Waals surface area contributed by atoms with Gasteiger partial charge in [-0.15, -0.1) is 0 Å². The minimum Gasteiger partial charge on any atom is -0.370 e. The van der Waals surface area contributed by atoms with E-state index in [1.54, 1.807) is 0 Å². The van der Waals surface area contributed by atoms with E-state index in [0.29, 0.717) is 30.8 Å². The lowest BCUT2D eigenvalue weighted by Crippen LogP contribution is -2.50. The number of carbonyl (C=O) groups excluding carboxylic acids is 2. The van der Waals surface area contributed by atoms with Crippen molar-refractivity contribution in [3.8, 4) is 0 Å². The lowest BCUT2D eigenvalue weighted by Gasteiger charge is -2.39. The largest absolute Gasteiger partial charge is 0.370 e. The number of morpholine rings is 1. The molecule has 2 aliphatic heterocycles. The summed E-state index contributed by atoms with van der Waals surface area (Å²) in [7, 11) is 0. The molecule has 5 nitrogen and oxygen atoms in total. The van der Waals surface area contributed by atoms with Crippen molar-refractivity contribution in [3.63, 3.8) is 0 Å². The van der Waals surface area contributed by atoms with E-state index < -0.39 is 0 Å². The van der Waals surface area contributed by atoms with Crippen molar-refractivity contribution >= 4 is 11.8 Å². The lowest BCUT2D eigenvalue weighted by atomic mass is 9.69. The van der Waals surface area contributed by atoms with Crippen LogP contribution >= 0.6 is 0 Å². The molecule has 2 fully saturated rings. The van der Waals surface area contributed by atoms with Crippen LogP contribution in [0.25, 0.3) is 0 Å². The van der Waals surface area contributed by atoms with Gasteiger partial charge < -0.3 is 15.4 Å². The molecule has 2 amide bonds. The van der Waals surface area contributed by atoms with Crippen molar-refractivity contribution in [2.75, 3.05) is 19.8 Å². The monoisotopic (exact) mass is 324 g/mol. The summed E-state index contributed by atoms with van der Waals surface area (Å²) in [5.41, 5.74) is 0.179. The van der Waals surface area contributed by atoms with Crippen LogP contribution in [-0.2, 0) is 14.3 Å². The Morgan fingerprint density at radius 3 is 2.65 bits per heavy atom. The molecule has 2 rings (SSSR count). The van der Waals surface area contributed by atoms with Crippen LogP contribution in [0, 0.1) is 23.2 Å². The average Bonchev–Trinajstić information content (AvgIpc) is 2.52. The van der Waals surface area contributed by atoms with Crippen LogP contribution in [0.5, 0.6) is 0 Å². The van der Waals surface area contributed by atoms with E-state index in [1.165, 1.54) is 0 Å².